The van der Waals surface area contributed by atoms with Gasteiger partial charge < -0.3 is 34.4 Å². The number of aromatic nitrogens is 2. The summed E-state index contributed by atoms with van der Waals surface area (Å²) in [5.41, 5.74) is -0.712. The van der Waals surface area contributed by atoms with E-state index in [1.54, 1.807) is 32.0 Å². The zero-order valence-electron chi connectivity index (χ0n) is 25.2. The average molecular weight is 625 g/mol. The molecule has 1 aliphatic heterocycles. The number of esters is 1. The predicted molar refractivity (Wildman–Crippen MR) is 155 cm³/mol. The van der Waals surface area contributed by atoms with Gasteiger partial charge in [-0.3, -0.25) is 14.4 Å². The molecule has 2 heterocycles. The third kappa shape index (κ3) is 7.69. The molecule has 2 N–H and O–H groups in total. The van der Waals surface area contributed by atoms with E-state index >= 15 is 0 Å². The number of benzene rings is 1. The molecule has 240 valence electrons. The van der Waals surface area contributed by atoms with E-state index in [0.29, 0.717) is 24.1 Å². The number of carboxylic acid groups (broad SMARTS) is 1. The number of ether oxygens (including phenoxy) is 3. The number of carboxylic acids is 1. The van der Waals surface area contributed by atoms with E-state index in [-0.39, 0.29) is 63.8 Å². The van der Waals surface area contributed by atoms with Gasteiger partial charge in [0.1, 0.15) is 6.04 Å². The van der Waals surface area contributed by atoms with Gasteiger partial charge in [0.25, 0.3) is 5.91 Å². The molecule has 1 atom stereocenters. The lowest BCUT2D eigenvalue weighted by Crippen LogP contribution is -2.56. The highest BCUT2D eigenvalue weighted by molar-refractivity contribution is 5.96. The van der Waals surface area contributed by atoms with Crippen molar-refractivity contribution in [3.05, 3.63) is 41.6 Å². The fourth-order valence-electron chi connectivity index (χ4n) is 5.05. The number of piperazine rings is 1. The number of amides is 3. The molecule has 1 unspecified atom stereocenters. The Morgan fingerprint density at radius 2 is 1.73 bits per heavy atom. The monoisotopic (exact) mass is 624 g/mol. The van der Waals surface area contributed by atoms with Gasteiger partial charge in [0.15, 0.2) is 5.69 Å². The van der Waals surface area contributed by atoms with Gasteiger partial charge in [-0.05, 0) is 57.7 Å². The van der Waals surface area contributed by atoms with E-state index < -0.39 is 41.5 Å². The SMILES string of the molecule is CCOC(=O)N1CCN(C(=O)C(CCC(=O)O)NC(=O)c2cc(OC3(C(=O)OCC)CCC3)n(-c3cccc(C#N)c3)n2)CC1. The van der Waals surface area contributed by atoms with Crippen LogP contribution in [0.4, 0.5) is 4.79 Å². The van der Waals surface area contributed by atoms with Crippen LogP contribution >= 0.6 is 0 Å². The lowest BCUT2D eigenvalue weighted by atomic mass is 9.80. The summed E-state index contributed by atoms with van der Waals surface area (Å²) in [5, 5.41) is 25.7. The van der Waals surface area contributed by atoms with Crippen molar-refractivity contribution in [2.24, 2.45) is 0 Å². The Bertz CT molecular complexity index is 1470. The summed E-state index contributed by atoms with van der Waals surface area (Å²) >= 11 is 0. The van der Waals surface area contributed by atoms with E-state index in [4.69, 9.17) is 14.2 Å². The highest BCUT2D eigenvalue weighted by atomic mass is 16.6. The summed E-state index contributed by atoms with van der Waals surface area (Å²) in [6, 6.07) is 8.58. The predicted octanol–water partition coefficient (Wildman–Crippen LogP) is 1.87. The molecule has 1 saturated carbocycles. The molecule has 0 radical (unpaired) electrons. The number of hydrogen-bond acceptors (Lipinski definition) is 10. The van der Waals surface area contributed by atoms with Gasteiger partial charge in [-0.2, -0.15) is 10.4 Å². The van der Waals surface area contributed by atoms with Crippen molar-refractivity contribution in [3.63, 3.8) is 0 Å². The maximum absolute atomic E-state index is 13.5. The summed E-state index contributed by atoms with van der Waals surface area (Å²) in [4.78, 5) is 66.2. The number of carbonyl (C=O) groups is 5. The van der Waals surface area contributed by atoms with Crippen LogP contribution in [0.15, 0.2) is 30.3 Å². The van der Waals surface area contributed by atoms with Crippen LogP contribution < -0.4 is 10.1 Å². The van der Waals surface area contributed by atoms with Crippen molar-refractivity contribution in [3.8, 4) is 17.6 Å². The van der Waals surface area contributed by atoms with Crippen LogP contribution in [0, 0.1) is 11.3 Å². The van der Waals surface area contributed by atoms with Crippen molar-refractivity contribution in [2.75, 3.05) is 39.4 Å². The maximum atomic E-state index is 13.5. The molecule has 2 fully saturated rings. The normalized spacial score (nSPS) is 16.0. The van der Waals surface area contributed by atoms with Crippen LogP contribution in [-0.2, 0) is 23.9 Å². The standard InChI is InChI=1S/C30H36N6O9/c1-3-43-28(41)30(11-6-12-30)45-24-18-23(33-36(24)21-8-5-7-20(17-21)19-31)26(39)32-22(9-10-25(37)38)27(40)34-13-15-35(16-14-34)29(42)44-4-2/h5,7-8,17-18,22H,3-4,6,9-16H2,1-2H3,(H,32,39)(H,37,38). The smallest absolute Gasteiger partial charge is 0.409 e. The van der Waals surface area contributed by atoms with E-state index in [1.165, 1.54) is 26.6 Å². The third-order valence-electron chi connectivity index (χ3n) is 7.61. The molecule has 1 saturated heterocycles. The highest BCUT2D eigenvalue weighted by Gasteiger charge is 2.49. The molecule has 1 aromatic carbocycles. The van der Waals surface area contributed by atoms with Crippen LogP contribution in [0.3, 0.4) is 0 Å². The minimum absolute atomic E-state index is 0.0477. The molecule has 4 rings (SSSR count). The fourth-order valence-corrected chi connectivity index (χ4v) is 5.05. The number of hydrogen-bond donors (Lipinski definition) is 2. The first-order valence-electron chi connectivity index (χ1n) is 14.8. The Balaban J connectivity index is 1.58. The molecule has 0 bridgehead atoms. The number of carbonyl (C=O) groups excluding carboxylic acids is 4. The van der Waals surface area contributed by atoms with Crippen molar-refractivity contribution in [1.29, 1.82) is 5.26 Å². The van der Waals surface area contributed by atoms with Gasteiger partial charge in [-0.1, -0.05) is 6.07 Å². The maximum Gasteiger partial charge on any atom is 0.409 e. The minimum Gasteiger partial charge on any atom is -0.481 e. The zero-order chi connectivity index (χ0) is 32.6. The second kappa shape index (κ2) is 14.6. The third-order valence-corrected chi connectivity index (χ3v) is 7.61. The van der Waals surface area contributed by atoms with E-state index in [0.717, 1.165) is 6.42 Å². The van der Waals surface area contributed by atoms with Gasteiger partial charge in [-0.25, -0.2) is 14.3 Å². The Kier molecular flexibility index (Phi) is 10.6. The summed E-state index contributed by atoms with van der Waals surface area (Å²) in [5.74, 6) is -2.91. The molecule has 2 aromatic rings. The van der Waals surface area contributed by atoms with E-state index in [9.17, 15) is 34.3 Å². The second-order valence-electron chi connectivity index (χ2n) is 10.6. The van der Waals surface area contributed by atoms with Gasteiger partial charge in [0, 0.05) is 38.7 Å². The van der Waals surface area contributed by atoms with Gasteiger partial charge in [-0.15, -0.1) is 0 Å². The highest BCUT2D eigenvalue weighted by Crippen LogP contribution is 2.38. The molecule has 2 aliphatic rings. The first kappa shape index (κ1) is 32.8. The Morgan fingerprint density at radius 3 is 2.33 bits per heavy atom. The fraction of sp³-hybridized carbons (Fsp3) is 0.500. The summed E-state index contributed by atoms with van der Waals surface area (Å²) < 4.78 is 17.7. The number of aliphatic carboxylic acids is 1. The molecule has 15 heteroatoms. The van der Waals surface area contributed by atoms with Crippen molar-refractivity contribution in [1.82, 2.24) is 24.9 Å². The lowest BCUT2D eigenvalue weighted by molar-refractivity contribution is -0.170. The average Bonchev–Trinajstić information content (AvgIpc) is 3.44. The topological polar surface area (TPSA) is 193 Å². The number of nitriles is 1. The minimum atomic E-state index is -1.26. The van der Waals surface area contributed by atoms with Crippen LogP contribution in [0.25, 0.3) is 5.69 Å². The number of nitrogens with one attached hydrogen (secondary N) is 1. The number of rotatable bonds is 12. The molecule has 45 heavy (non-hydrogen) atoms. The van der Waals surface area contributed by atoms with Gasteiger partial charge in [0.2, 0.25) is 17.4 Å². The molecule has 3 amide bonds. The van der Waals surface area contributed by atoms with Crippen molar-refractivity contribution < 1.29 is 43.3 Å². The Hall–Kier alpha value is -5.13. The van der Waals surface area contributed by atoms with Crippen LogP contribution in [0.5, 0.6) is 5.88 Å². The van der Waals surface area contributed by atoms with Gasteiger partial charge in [0.05, 0.1) is 30.5 Å². The summed E-state index contributed by atoms with van der Waals surface area (Å²) in [6.07, 6.45) is 0.466. The quantitative estimate of drug-likeness (QED) is 0.328. The zero-order valence-corrected chi connectivity index (χ0v) is 25.2. The van der Waals surface area contributed by atoms with Crippen LogP contribution in [0.2, 0.25) is 0 Å². The molecular formula is C30H36N6O9. The van der Waals surface area contributed by atoms with Crippen molar-refractivity contribution in [2.45, 2.75) is 57.6 Å². The molecule has 1 aliphatic carbocycles. The van der Waals surface area contributed by atoms with E-state index in [1.807, 2.05) is 6.07 Å². The van der Waals surface area contributed by atoms with Gasteiger partial charge >= 0.3 is 18.0 Å². The Labute approximate surface area is 259 Å². The summed E-state index contributed by atoms with van der Waals surface area (Å²) in [6.45, 7) is 4.55. The summed E-state index contributed by atoms with van der Waals surface area (Å²) in [7, 11) is 0. The largest absolute Gasteiger partial charge is 0.481 e. The molecular weight excluding hydrogens is 588 g/mol. The Morgan fingerprint density at radius 1 is 1.04 bits per heavy atom. The first-order valence-corrected chi connectivity index (χ1v) is 14.8. The second-order valence-corrected chi connectivity index (χ2v) is 10.6. The molecule has 1 aromatic heterocycles. The molecule has 0 spiro atoms. The number of nitrogens with zero attached hydrogens (tertiary/aromatic N) is 5. The molecule has 15 nitrogen and oxygen atoms in total. The van der Waals surface area contributed by atoms with Crippen LogP contribution in [-0.4, -0.2) is 106 Å². The van der Waals surface area contributed by atoms with E-state index in [2.05, 4.69) is 10.4 Å². The van der Waals surface area contributed by atoms with Crippen LogP contribution in [0.1, 0.15) is 62.0 Å². The first-order chi connectivity index (χ1) is 21.6. The lowest BCUT2D eigenvalue weighted by Gasteiger charge is -2.38. The van der Waals surface area contributed by atoms with Crippen molar-refractivity contribution >= 4 is 29.8 Å².